The molecule has 12 heteroatoms. The molecule has 5 aromatic rings. The van der Waals surface area contributed by atoms with Crippen LogP contribution in [-0.2, 0) is 22.6 Å². The topological polar surface area (TPSA) is 153 Å². The third-order valence-corrected chi connectivity index (χ3v) is 6.84. The summed E-state index contributed by atoms with van der Waals surface area (Å²) in [4.78, 5) is 40.6. The van der Waals surface area contributed by atoms with Crippen LogP contribution in [0.2, 0.25) is 0 Å². The van der Waals surface area contributed by atoms with Gasteiger partial charge < -0.3 is 28.5 Å². The first-order valence-corrected chi connectivity index (χ1v) is 13.2. The van der Waals surface area contributed by atoms with E-state index in [9.17, 15) is 14.4 Å². The molecule has 0 fully saturated rings. The van der Waals surface area contributed by atoms with E-state index in [2.05, 4.69) is 15.5 Å². The SMILES string of the molecule is CCOC1Nc2cccc(C(=O)OCc3oc(=O)oc3C)c2N1Cc1ccc(-c2ccccc2-c2noc(=O)[nH]2)cc1. The van der Waals surface area contributed by atoms with Crippen molar-refractivity contribution in [1.29, 1.82) is 0 Å². The number of rotatable bonds is 9. The highest BCUT2D eigenvalue weighted by Gasteiger charge is 2.33. The number of fused-ring (bicyclic) bond motifs is 1. The molecule has 3 aromatic carbocycles. The summed E-state index contributed by atoms with van der Waals surface area (Å²) >= 11 is 0. The molecule has 0 saturated carbocycles. The van der Waals surface area contributed by atoms with E-state index in [0.717, 1.165) is 27.9 Å². The minimum atomic E-state index is -0.850. The number of anilines is 2. The van der Waals surface area contributed by atoms with Crippen molar-refractivity contribution < 1.29 is 27.6 Å². The zero-order valence-electron chi connectivity index (χ0n) is 22.7. The molecule has 0 saturated heterocycles. The van der Waals surface area contributed by atoms with E-state index in [1.54, 1.807) is 19.1 Å². The van der Waals surface area contributed by atoms with Gasteiger partial charge in [0.1, 0.15) is 0 Å². The quantitative estimate of drug-likeness (QED) is 0.238. The molecule has 2 N–H and O–H groups in total. The Labute approximate surface area is 238 Å². The van der Waals surface area contributed by atoms with Gasteiger partial charge in [-0.15, -0.1) is 0 Å². The highest BCUT2D eigenvalue weighted by Crippen LogP contribution is 2.40. The second-order valence-electron chi connectivity index (χ2n) is 9.48. The minimum Gasteiger partial charge on any atom is -0.454 e. The highest BCUT2D eigenvalue weighted by molar-refractivity contribution is 6.00. The standard InChI is InChI=1S/C30H26N4O8/c1-3-38-28-31-23-10-6-9-22(27(35)39-16-24-17(2)40-30(37)41-24)25(23)34(28)15-18-11-13-19(14-12-18)20-7-4-5-8-21(20)26-32-29(36)42-33-26/h4-14,28,31H,3,15-16H2,1-2H3,(H,32,33,36). The Morgan fingerprint density at radius 1 is 1.00 bits per heavy atom. The molecule has 0 spiro atoms. The van der Waals surface area contributed by atoms with Crippen LogP contribution in [0.25, 0.3) is 22.5 Å². The highest BCUT2D eigenvalue weighted by atomic mass is 16.6. The Hall–Kier alpha value is -5.36. The molecule has 42 heavy (non-hydrogen) atoms. The lowest BCUT2D eigenvalue weighted by Gasteiger charge is -2.27. The van der Waals surface area contributed by atoms with Crippen LogP contribution in [0.5, 0.6) is 0 Å². The Morgan fingerprint density at radius 2 is 1.79 bits per heavy atom. The summed E-state index contributed by atoms with van der Waals surface area (Å²) in [6.07, 6.45) is -0.516. The predicted octanol–water partition coefficient (Wildman–Crippen LogP) is 4.66. The molecular weight excluding hydrogens is 544 g/mol. The first-order valence-electron chi connectivity index (χ1n) is 13.2. The van der Waals surface area contributed by atoms with Crippen LogP contribution in [0, 0.1) is 6.92 Å². The monoisotopic (exact) mass is 570 g/mol. The number of esters is 1. The van der Waals surface area contributed by atoms with Crippen LogP contribution in [0.1, 0.15) is 34.4 Å². The lowest BCUT2D eigenvalue weighted by molar-refractivity contribution is 0.0442. The maximum absolute atomic E-state index is 13.2. The number of aromatic amines is 1. The normalized spacial score (nSPS) is 14.0. The van der Waals surface area contributed by atoms with Gasteiger partial charge in [0.25, 0.3) is 0 Å². The average Bonchev–Trinajstić information content (AvgIpc) is 3.68. The smallest absolute Gasteiger partial charge is 0.454 e. The first kappa shape index (κ1) is 26.8. The summed E-state index contributed by atoms with van der Waals surface area (Å²) in [5.41, 5.74) is 5.19. The number of para-hydroxylation sites is 1. The molecule has 12 nitrogen and oxygen atoms in total. The lowest BCUT2D eigenvalue weighted by Crippen LogP contribution is -2.38. The van der Waals surface area contributed by atoms with E-state index in [-0.39, 0.29) is 18.1 Å². The van der Waals surface area contributed by atoms with Gasteiger partial charge in [-0.05, 0) is 42.7 Å². The molecule has 6 rings (SSSR count). The van der Waals surface area contributed by atoms with Gasteiger partial charge in [0.05, 0.1) is 16.9 Å². The number of carbonyl (C=O) groups excluding carboxylic acids is 1. The van der Waals surface area contributed by atoms with Crippen LogP contribution in [0.15, 0.2) is 89.7 Å². The molecule has 0 aliphatic carbocycles. The molecule has 1 unspecified atom stereocenters. The van der Waals surface area contributed by atoms with Crippen molar-refractivity contribution in [3.05, 3.63) is 111 Å². The molecule has 3 heterocycles. The van der Waals surface area contributed by atoms with Crippen molar-refractivity contribution in [1.82, 2.24) is 10.1 Å². The van der Waals surface area contributed by atoms with Crippen LogP contribution >= 0.6 is 0 Å². The number of carbonyl (C=O) groups is 1. The number of benzene rings is 3. The second kappa shape index (κ2) is 11.3. The van der Waals surface area contributed by atoms with Gasteiger partial charge >= 0.3 is 17.5 Å². The molecule has 1 aliphatic rings. The average molecular weight is 571 g/mol. The number of nitrogens with one attached hydrogen (secondary N) is 2. The van der Waals surface area contributed by atoms with E-state index in [0.29, 0.717) is 30.2 Å². The van der Waals surface area contributed by atoms with Crippen molar-refractivity contribution in [2.24, 2.45) is 0 Å². The maximum atomic E-state index is 13.2. The molecule has 214 valence electrons. The Bertz CT molecular complexity index is 1850. The van der Waals surface area contributed by atoms with E-state index in [1.165, 1.54) is 0 Å². The van der Waals surface area contributed by atoms with Crippen molar-refractivity contribution in [3.63, 3.8) is 0 Å². The summed E-state index contributed by atoms with van der Waals surface area (Å²) in [6, 6.07) is 20.8. The predicted molar refractivity (Wildman–Crippen MR) is 151 cm³/mol. The van der Waals surface area contributed by atoms with Gasteiger partial charge in [0.2, 0.25) is 6.35 Å². The van der Waals surface area contributed by atoms with Crippen LogP contribution in [0.3, 0.4) is 0 Å². The van der Waals surface area contributed by atoms with Crippen LogP contribution < -0.4 is 21.8 Å². The molecule has 0 bridgehead atoms. The van der Waals surface area contributed by atoms with Gasteiger partial charge in [0, 0.05) is 18.7 Å². The summed E-state index contributed by atoms with van der Waals surface area (Å²) in [5.74, 6) is -1.30. The molecule has 2 aromatic heterocycles. The number of aryl methyl sites for hydroxylation is 1. The Morgan fingerprint density at radius 3 is 2.48 bits per heavy atom. The molecule has 1 aliphatic heterocycles. The van der Waals surface area contributed by atoms with Crippen molar-refractivity contribution >= 4 is 17.3 Å². The lowest BCUT2D eigenvalue weighted by atomic mass is 9.98. The fourth-order valence-corrected chi connectivity index (χ4v) is 4.90. The molecular formula is C30H26N4O8. The van der Waals surface area contributed by atoms with E-state index >= 15 is 0 Å². The van der Waals surface area contributed by atoms with E-state index in [1.807, 2.05) is 66.4 Å². The van der Waals surface area contributed by atoms with Gasteiger partial charge in [0.15, 0.2) is 24.0 Å². The molecule has 0 radical (unpaired) electrons. The van der Waals surface area contributed by atoms with Crippen LogP contribution in [-0.4, -0.2) is 29.1 Å². The fraction of sp³-hybridized carbons (Fsp3) is 0.200. The minimum absolute atomic E-state index is 0.152. The summed E-state index contributed by atoms with van der Waals surface area (Å²) < 4.78 is 25.9. The zero-order chi connectivity index (χ0) is 29.2. The third kappa shape index (κ3) is 5.22. The van der Waals surface area contributed by atoms with Gasteiger partial charge in [-0.2, -0.15) is 0 Å². The zero-order valence-corrected chi connectivity index (χ0v) is 22.7. The summed E-state index contributed by atoms with van der Waals surface area (Å²) in [7, 11) is 0. The molecule has 1 atom stereocenters. The van der Waals surface area contributed by atoms with Crippen molar-refractivity contribution in [2.45, 2.75) is 33.4 Å². The number of ether oxygens (including phenoxy) is 2. The number of H-pyrrole nitrogens is 1. The Kier molecular flexibility index (Phi) is 7.19. The largest absolute Gasteiger partial charge is 0.519 e. The first-order chi connectivity index (χ1) is 20.4. The van der Waals surface area contributed by atoms with Gasteiger partial charge in [-0.1, -0.05) is 59.8 Å². The summed E-state index contributed by atoms with van der Waals surface area (Å²) in [6.45, 7) is 4.08. The van der Waals surface area contributed by atoms with Crippen molar-refractivity contribution in [3.8, 4) is 22.5 Å². The van der Waals surface area contributed by atoms with Gasteiger partial charge in [-0.25, -0.2) is 14.4 Å². The van der Waals surface area contributed by atoms with Crippen molar-refractivity contribution in [2.75, 3.05) is 16.8 Å². The van der Waals surface area contributed by atoms with E-state index < -0.39 is 23.9 Å². The van der Waals surface area contributed by atoms with Gasteiger partial charge in [-0.3, -0.25) is 9.51 Å². The fourth-order valence-electron chi connectivity index (χ4n) is 4.90. The summed E-state index contributed by atoms with van der Waals surface area (Å²) in [5, 5.41) is 7.16. The number of aromatic nitrogens is 2. The maximum Gasteiger partial charge on any atom is 0.519 e. The number of nitrogens with zero attached hydrogens (tertiary/aromatic N) is 2. The number of hydrogen-bond acceptors (Lipinski definition) is 11. The van der Waals surface area contributed by atoms with E-state index in [4.69, 9.17) is 22.8 Å². The third-order valence-electron chi connectivity index (χ3n) is 6.84. The second-order valence-corrected chi connectivity index (χ2v) is 9.48. The Balaban J connectivity index is 1.26. The molecule has 0 amide bonds. The number of hydrogen-bond donors (Lipinski definition) is 2. The van der Waals surface area contributed by atoms with Crippen LogP contribution in [0.4, 0.5) is 11.4 Å².